The molecule has 0 unspecified atom stereocenters. The topological polar surface area (TPSA) is 43.6 Å². The minimum Gasteiger partial charge on any atom is -0.261 e. The van der Waals surface area contributed by atoms with E-state index in [0.29, 0.717) is 16.1 Å². The third kappa shape index (κ3) is 2.01. The van der Waals surface area contributed by atoms with Gasteiger partial charge in [-0.1, -0.05) is 0 Å². The van der Waals surface area contributed by atoms with Gasteiger partial charge >= 0.3 is 6.55 Å². The summed E-state index contributed by atoms with van der Waals surface area (Å²) in [5.74, 6) is -0.0302. The molecule has 0 fully saturated rings. The molecule has 0 spiro atoms. The number of alkyl halides is 3. The van der Waals surface area contributed by atoms with Gasteiger partial charge in [-0.3, -0.25) is 9.97 Å². The van der Waals surface area contributed by atoms with Gasteiger partial charge in [0.15, 0.2) is 0 Å². The van der Waals surface area contributed by atoms with Crippen LogP contribution in [0.15, 0.2) is 24.7 Å². The standard InChI is InChI=1S/C9H7ClF2N4/c10-4-6-3-7(15-16(6)9(11)12)8-5-13-1-2-14-8/h1-3,5,9H,4H2. The highest BCUT2D eigenvalue weighted by Crippen LogP contribution is 2.21. The second kappa shape index (κ2) is 4.52. The average molecular weight is 245 g/mol. The number of halogens is 3. The zero-order valence-corrected chi connectivity index (χ0v) is 8.77. The van der Waals surface area contributed by atoms with Crippen LogP contribution in [0.3, 0.4) is 0 Å². The third-order valence-corrected chi connectivity index (χ3v) is 2.23. The van der Waals surface area contributed by atoms with Gasteiger partial charge in [0.2, 0.25) is 0 Å². The second-order valence-electron chi connectivity index (χ2n) is 2.97. The fourth-order valence-corrected chi connectivity index (χ4v) is 1.46. The van der Waals surface area contributed by atoms with Crippen molar-refractivity contribution in [3.05, 3.63) is 30.4 Å². The number of aromatic nitrogens is 4. The summed E-state index contributed by atoms with van der Waals surface area (Å²) in [7, 11) is 0. The molecule has 0 amide bonds. The van der Waals surface area contributed by atoms with Crippen LogP contribution >= 0.6 is 11.6 Å². The van der Waals surface area contributed by atoms with E-state index in [1.54, 1.807) is 0 Å². The summed E-state index contributed by atoms with van der Waals surface area (Å²) >= 11 is 5.55. The Balaban J connectivity index is 2.44. The van der Waals surface area contributed by atoms with E-state index in [2.05, 4.69) is 15.1 Å². The van der Waals surface area contributed by atoms with E-state index in [9.17, 15) is 8.78 Å². The molecule has 0 radical (unpaired) electrons. The summed E-state index contributed by atoms with van der Waals surface area (Å²) in [6, 6.07) is 1.48. The summed E-state index contributed by atoms with van der Waals surface area (Å²) in [6.45, 7) is -2.71. The Kier molecular flexibility index (Phi) is 3.09. The van der Waals surface area contributed by atoms with E-state index in [1.165, 1.54) is 24.7 Å². The summed E-state index contributed by atoms with van der Waals surface area (Å²) in [5, 5.41) is 3.73. The van der Waals surface area contributed by atoms with Crippen molar-refractivity contribution in [3.63, 3.8) is 0 Å². The van der Waals surface area contributed by atoms with Crippen molar-refractivity contribution in [2.75, 3.05) is 0 Å². The van der Waals surface area contributed by atoms with Crippen molar-refractivity contribution in [3.8, 4) is 11.4 Å². The lowest BCUT2D eigenvalue weighted by Gasteiger charge is -2.01. The molecule has 0 aliphatic rings. The quantitative estimate of drug-likeness (QED) is 0.779. The number of nitrogens with zero attached hydrogens (tertiary/aromatic N) is 4. The highest BCUT2D eigenvalue weighted by atomic mass is 35.5. The van der Waals surface area contributed by atoms with Crippen molar-refractivity contribution < 1.29 is 8.78 Å². The first-order chi connectivity index (χ1) is 7.72. The number of rotatable bonds is 3. The van der Waals surface area contributed by atoms with Gasteiger partial charge in [0.25, 0.3) is 0 Å². The van der Waals surface area contributed by atoms with Crippen LogP contribution in [0, 0.1) is 0 Å². The largest absolute Gasteiger partial charge is 0.333 e. The Morgan fingerprint density at radius 2 is 2.12 bits per heavy atom. The minimum atomic E-state index is -2.71. The minimum absolute atomic E-state index is 0.0302. The van der Waals surface area contributed by atoms with Crippen molar-refractivity contribution in [1.82, 2.24) is 19.7 Å². The molecule has 0 aliphatic heterocycles. The monoisotopic (exact) mass is 244 g/mol. The molecular weight excluding hydrogens is 238 g/mol. The highest BCUT2D eigenvalue weighted by Gasteiger charge is 2.15. The number of hydrogen-bond donors (Lipinski definition) is 0. The van der Waals surface area contributed by atoms with E-state index in [0.717, 1.165) is 0 Å². The van der Waals surface area contributed by atoms with Gasteiger partial charge in [-0.25, -0.2) is 4.68 Å². The van der Waals surface area contributed by atoms with E-state index in [4.69, 9.17) is 11.6 Å². The van der Waals surface area contributed by atoms with Gasteiger partial charge in [-0.15, -0.1) is 11.6 Å². The Labute approximate surface area is 94.9 Å². The highest BCUT2D eigenvalue weighted by molar-refractivity contribution is 6.16. The van der Waals surface area contributed by atoms with Crippen LogP contribution in [0.1, 0.15) is 12.2 Å². The Hall–Kier alpha value is -1.56. The summed E-state index contributed by atoms with van der Waals surface area (Å²) < 4.78 is 25.7. The molecule has 7 heteroatoms. The van der Waals surface area contributed by atoms with Gasteiger partial charge in [0, 0.05) is 12.4 Å². The van der Waals surface area contributed by atoms with Crippen molar-refractivity contribution in [2.45, 2.75) is 12.4 Å². The van der Waals surface area contributed by atoms with E-state index in [1.807, 2.05) is 0 Å². The Morgan fingerprint density at radius 1 is 1.31 bits per heavy atom. The zero-order chi connectivity index (χ0) is 11.5. The van der Waals surface area contributed by atoms with E-state index in [-0.39, 0.29) is 11.6 Å². The molecule has 4 nitrogen and oxygen atoms in total. The van der Waals surface area contributed by atoms with Crippen LogP contribution in [-0.4, -0.2) is 19.7 Å². The Bertz CT molecular complexity index is 472. The second-order valence-corrected chi connectivity index (χ2v) is 3.23. The average Bonchev–Trinajstić information content (AvgIpc) is 2.74. The molecule has 0 saturated heterocycles. The maximum atomic E-state index is 12.5. The molecule has 2 heterocycles. The predicted molar refractivity (Wildman–Crippen MR) is 54.1 cm³/mol. The number of hydrogen-bond acceptors (Lipinski definition) is 3. The van der Waals surface area contributed by atoms with Crippen LogP contribution in [0.4, 0.5) is 8.78 Å². The molecule has 0 saturated carbocycles. The van der Waals surface area contributed by atoms with Crippen LogP contribution in [0.2, 0.25) is 0 Å². The van der Waals surface area contributed by atoms with Crippen molar-refractivity contribution in [2.24, 2.45) is 0 Å². The van der Waals surface area contributed by atoms with Gasteiger partial charge < -0.3 is 0 Å². The van der Waals surface area contributed by atoms with Crippen LogP contribution in [0.25, 0.3) is 11.4 Å². The zero-order valence-electron chi connectivity index (χ0n) is 8.02. The summed E-state index contributed by atoms with van der Waals surface area (Å²) in [5.41, 5.74) is 1.02. The van der Waals surface area contributed by atoms with Crippen molar-refractivity contribution >= 4 is 11.6 Å². The molecule has 0 N–H and O–H groups in total. The van der Waals surface area contributed by atoms with Crippen LogP contribution in [-0.2, 0) is 5.88 Å². The lowest BCUT2D eigenvalue weighted by molar-refractivity contribution is 0.0544. The summed E-state index contributed by atoms with van der Waals surface area (Å²) in [6.07, 6.45) is 4.42. The molecule has 0 atom stereocenters. The molecule has 0 aliphatic carbocycles. The molecule has 2 rings (SSSR count). The van der Waals surface area contributed by atoms with Gasteiger partial charge in [0.05, 0.1) is 17.8 Å². The predicted octanol–water partition coefficient (Wildman–Crippen LogP) is 2.47. The van der Waals surface area contributed by atoms with Crippen LogP contribution < -0.4 is 0 Å². The first kappa shape index (κ1) is 10.9. The first-order valence-corrected chi connectivity index (χ1v) is 4.94. The first-order valence-electron chi connectivity index (χ1n) is 4.41. The molecular formula is C9H7ClF2N4. The molecule has 16 heavy (non-hydrogen) atoms. The molecule has 0 bridgehead atoms. The molecule has 0 aromatic carbocycles. The smallest absolute Gasteiger partial charge is 0.261 e. The lowest BCUT2D eigenvalue weighted by atomic mass is 10.3. The van der Waals surface area contributed by atoms with Gasteiger partial charge in [-0.2, -0.15) is 13.9 Å². The lowest BCUT2D eigenvalue weighted by Crippen LogP contribution is -2.04. The summed E-state index contributed by atoms with van der Waals surface area (Å²) in [4.78, 5) is 7.81. The van der Waals surface area contributed by atoms with E-state index >= 15 is 0 Å². The molecule has 84 valence electrons. The van der Waals surface area contributed by atoms with Crippen molar-refractivity contribution in [1.29, 1.82) is 0 Å². The fraction of sp³-hybridized carbons (Fsp3) is 0.222. The maximum absolute atomic E-state index is 12.5. The van der Waals surface area contributed by atoms with Gasteiger partial charge in [-0.05, 0) is 6.07 Å². The Morgan fingerprint density at radius 3 is 2.62 bits per heavy atom. The molecule has 2 aromatic rings. The SMILES string of the molecule is FC(F)n1nc(-c2cnccn2)cc1CCl. The third-order valence-electron chi connectivity index (χ3n) is 1.96. The molecule has 2 aromatic heterocycles. The van der Waals surface area contributed by atoms with Gasteiger partial charge in [0.1, 0.15) is 11.4 Å². The normalized spacial score (nSPS) is 11.0. The fourth-order valence-electron chi connectivity index (χ4n) is 1.26. The van der Waals surface area contributed by atoms with Crippen LogP contribution in [0.5, 0.6) is 0 Å². The van der Waals surface area contributed by atoms with E-state index < -0.39 is 6.55 Å². The maximum Gasteiger partial charge on any atom is 0.333 e.